The molecular formula is C14H20N4O3. The average Bonchev–Trinajstić information content (AvgIpc) is 3.04. The smallest absolute Gasteiger partial charge is 0.137 e. The number of nitrogens with zero attached hydrogens (tertiary/aromatic N) is 2. The van der Waals surface area contributed by atoms with E-state index in [-0.39, 0.29) is 0 Å². The summed E-state index contributed by atoms with van der Waals surface area (Å²) in [6.07, 6.45) is 2.28. The molecule has 7 nitrogen and oxygen atoms in total. The van der Waals surface area contributed by atoms with Crippen molar-refractivity contribution < 1.29 is 14.2 Å². The fourth-order valence-corrected chi connectivity index (χ4v) is 2.02. The van der Waals surface area contributed by atoms with Gasteiger partial charge in [0.25, 0.3) is 0 Å². The molecule has 0 aliphatic heterocycles. The van der Waals surface area contributed by atoms with Crippen molar-refractivity contribution in [3.05, 3.63) is 29.8 Å². The van der Waals surface area contributed by atoms with Crippen molar-refractivity contribution in [1.82, 2.24) is 20.5 Å². The zero-order valence-corrected chi connectivity index (χ0v) is 12.5. The number of benzene rings is 1. The first-order valence-corrected chi connectivity index (χ1v) is 6.62. The molecule has 2 rings (SSSR count). The molecule has 1 aromatic carbocycles. The minimum Gasteiger partial charge on any atom is -0.496 e. The highest BCUT2D eigenvalue weighted by Crippen LogP contribution is 2.33. The maximum Gasteiger partial charge on any atom is 0.137 e. The van der Waals surface area contributed by atoms with E-state index >= 15 is 0 Å². The van der Waals surface area contributed by atoms with Crippen molar-refractivity contribution in [3.63, 3.8) is 0 Å². The van der Waals surface area contributed by atoms with Crippen LogP contribution in [0.2, 0.25) is 0 Å². The summed E-state index contributed by atoms with van der Waals surface area (Å²) in [6, 6.07) is 3.69. The molecule has 0 aliphatic rings. The number of H-pyrrole nitrogens is 1. The van der Waals surface area contributed by atoms with Crippen LogP contribution in [0, 0.1) is 0 Å². The first-order valence-electron chi connectivity index (χ1n) is 6.62. The van der Waals surface area contributed by atoms with Crippen LogP contribution in [0.1, 0.15) is 11.4 Å². The Kier molecular flexibility index (Phi) is 5.39. The molecule has 0 atom stereocenters. The molecule has 2 aromatic rings. The van der Waals surface area contributed by atoms with E-state index in [0.29, 0.717) is 12.3 Å². The summed E-state index contributed by atoms with van der Waals surface area (Å²) in [6.45, 7) is 1.40. The molecule has 1 heterocycles. The second-order valence-corrected chi connectivity index (χ2v) is 4.37. The molecule has 114 valence electrons. The molecule has 0 aliphatic carbocycles. The molecule has 0 saturated carbocycles. The summed E-state index contributed by atoms with van der Waals surface area (Å²) in [5, 5.41) is 9.98. The van der Waals surface area contributed by atoms with E-state index in [1.807, 2.05) is 12.1 Å². The maximum absolute atomic E-state index is 5.40. The fourth-order valence-electron chi connectivity index (χ4n) is 2.02. The molecule has 0 radical (unpaired) electrons. The summed E-state index contributed by atoms with van der Waals surface area (Å²) in [5.74, 6) is 3.03. The van der Waals surface area contributed by atoms with Gasteiger partial charge in [-0.15, -0.1) is 0 Å². The predicted molar refractivity (Wildman–Crippen MR) is 77.9 cm³/mol. The minimum absolute atomic E-state index is 0.629. The van der Waals surface area contributed by atoms with Gasteiger partial charge in [0, 0.05) is 31.6 Å². The van der Waals surface area contributed by atoms with Gasteiger partial charge in [0.1, 0.15) is 29.4 Å². The first kappa shape index (κ1) is 15.1. The zero-order valence-electron chi connectivity index (χ0n) is 12.5. The molecule has 1 aromatic heterocycles. The van der Waals surface area contributed by atoms with Crippen LogP contribution < -0.4 is 19.5 Å². The highest BCUT2D eigenvalue weighted by atomic mass is 16.5. The van der Waals surface area contributed by atoms with Crippen molar-refractivity contribution in [2.45, 2.75) is 13.0 Å². The topological polar surface area (TPSA) is 81.3 Å². The van der Waals surface area contributed by atoms with E-state index in [9.17, 15) is 0 Å². The van der Waals surface area contributed by atoms with Crippen LogP contribution in [-0.2, 0) is 13.0 Å². The summed E-state index contributed by atoms with van der Waals surface area (Å²) >= 11 is 0. The number of aromatic amines is 1. The van der Waals surface area contributed by atoms with Crippen LogP contribution in [0.5, 0.6) is 17.2 Å². The van der Waals surface area contributed by atoms with Gasteiger partial charge in [-0.1, -0.05) is 0 Å². The fraction of sp³-hybridized carbons (Fsp3) is 0.429. The van der Waals surface area contributed by atoms with Crippen LogP contribution in [0.15, 0.2) is 18.5 Å². The zero-order chi connectivity index (χ0) is 15.1. The molecule has 2 N–H and O–H groups in total. The number of aromatic nitrogens is 3. The lowest BCUT2D eigenvalue weighted by molar-refractivity contribution is 0.366. The molecule has 0 saturated heterocycles. The van der Waals surface area contributed by atoms with Crippen molar-refractivity contribution in [3.8, 4) is 17.2 Å². The van der Waals surface area contributed by atoms with Crippen LogP contribution in [-0.4, -0.2) is 43.1 Å². The van der Waals surface area contributed by atoms with Gasteiger partial charge in [-0.3, -0.25) is 5.10 Å². The van der Waals surface area contributed by atoms with Gasteiger partial charge in [0.15, 0.2) is 0 Å². The monoisotopic (exact) mass is 292 g/mol. The second kappa shape index (κ2) is 7.49. The lowest BCUT2D eigenvalue weighted by atomic mass is 10.1. The Morgan fingerprint density at radius 1 is 1.10 bits per heavy atom. The largest absolute Gasteiger partial charge is 0.496 e. The van der Waals surface area contributed by atoms with Gasteiger partial charge in [0.2, 0.25) is 0 Å². The molecule has 0 bridgehead atoms. The number of rotatable bonds is 8. The molecule has 0 fully saturated rings. The third-order valence-corrected chi connectivity index (χ3v) is 3.12. The van der Waals surface area contributed by atoms with E-state index in [2.05, 4.69) is 20.5 Å². The summed E-state index contributed by atoms with van der Waals surface area (Å²) in [7, 11) is 4.88. The SMILES string of the molecule is COc1cc(OC)c(CNCCc2ncn[nH]2)c(OC)c1. The van der Waals surface area contributed by atoms with Crippen LogP contribution >= 0.6 is 0 Å². The molecule has 0 spiro atoms. The van der Waals surface area contributed by atoms with Gasteiger partial charge in [-0.25, -0.2) is 4.98 Å². The number of nitrogens with one attached hydrogen (secondary N) is 2. The minimum atomic E-state index is 0.629. The van der Waals surface area contributed by atoms with Crippen molar-refractivity contribution >= 4 is 0 Å². The van der Waals surface area contributed by atoms with Crippen molar-refractivity contribution in [2.24, 2.45) is 0 Å². The number of methoxy groups -OCH3 is 3. The normalized spacial score (nSPS) is 10.4. The first-order chi connectivity index (χ1) is 10.3. The van der Waals surface area contributed by atoms with Crippen LogP contribution in [0.25, 0.3) is 0 Å². The highest BCUT2D eigenvalue weighted by Gasteiger charge is 2.12. The van der Waals surface area contributed by atoms with Gasteiger partial charge >= 0.3 is 0 Å². The van der Waals surface area contributed by atoms with E-state index < -0.39 is 0 Å². The highest BCUT2D eigenvalue weighted by molar-refractivity contribution is 5.50. The van der Waals surface area contributed by atoms with Crippen LogP contribution in [0.4, 0.5) is 0 Å². The second-order valence-electron chi connectivity index (χ2n) is 4.37. The van der Waals surface area contributed by atoms with E-state index in [1.165, 1.54) is 6.33 Å². The molecule has 0 amide bonds. The lowest BCUT2D eigenvalue weighted by Gasteiger charge is -2.15. The van der Waals surface area contributed by atoms with E-state index in [1.54, 1.807) is 21.3 Å². The van der Waals surface area contributed by atoms with Gasteiger partial charge in [-0.05, 0) is 0 Å². The summed E-state index contributed by atoms with van der Waals surface area (Å²) < 4.78 is 16.0. The predicted octanol–water partition coefficient (Wildman–Crippen LogP) is 1.16. The Morgan fingerprint density at radius 3 is 2.33 bits per heavy atom. The Labute approximate surface area is 123 Å². The van der Waals surface area contributed by atoms with E-state index in [4.69, 9.17) is 14.2 Å². The van der Waals surface area contributed by atoms with Crippen LogP contribution in [0.3, 0.4) is 0 Å². The molecule has 21 heavy (non-hydrogen) atoms. The van der Waals surface area contributed by atoms with Gasteiger partial charge < -0.3 is 19.5 Å². The quantitative estimate of drug-likeness (QED) is 0.711. The standard InChI is InChI=1S/C14H20N4O3/c1-19-10-6-12(20-2)11(13(7-10)21-3)8-15-5-4-14-16-9-17-18-14/h6-7,9,15H,4-5,8H2,1-3H3,(H,16,17,18). The molecule has 0 unspecified atom stereocenters. The lowest BCUT2D eigenvalue weighted by Crippen LogP contribution is -2.18. The maximum atomic E-state index is 5.40. The third-order valence-electron chi connectivity index (χ3n) is 3.12. The van der Waals surface area contributed by atoms with Crippen molar-refractivity contribution in [1.29, 1.82) is 0 Å². The Morgan fingerprint density at radius 2 is 1.81 bits per heavy atom. The molecule has 7 heteroatoms. The summed E-state index contributed by atoms with van der Waals surface area (Å²) in [5.41, 5.74) is 0.957. The van der Waals surface area contributed by atoms with Gasteiger partial charge in [0.05, 0.1) is 26.9 Å². The van der Waals surface area contributed by atoms with Gasteiger partial charge in [-0.2, -0.15) is 5.10 Å². The Hall–Kier alpha value is -2.28. The third kappa shape index (κ3) is 3.85. The number of ether oxygens (including phenoxy) is 3. The Balaban J connectivity index is 2.00. The molecular weight excluding hydrogens is 272 g/mol. The van der Waals surface area contributed by atoms with E-state index in [0.717, 1.165) is 35.9 Å². The number of hydrogen-bond donors (Lipinski definition) is 2. The number of hydrogen-bond acceptors (Lipinski definition) is 6. The van der Waals surface area contributed by atoms with Crippen molar-refractivity contribution in [2.75, 3.05) is 27.9 Å². The average molecular weight is 292 g/mol. The Bertz CT molecular complexity index is 532. The summed E-state index contributed by atoms with van der Waals surface area (Å²) in [4.78, 5) is 4.08.